The van der Waals surface area contributed by atoms with E-state index in [1.165, 1.54) is 0 Å². The number of carbonyl (C=O) groups excluding carboxylic acids is 2. The van der Waals surface area contributed by atoms with Gasteiger partial charge in [0.25, 0.3) is 0 Å². The Hall–Kier alpha value is -3.02. The van der Waals surface area contributed by atoms with Crippen LogP contribution in [0.4, 0.5) is 10.5 Å². The van der Waals surface area contributed by atoms with Crippen molar-refractivity contribution in [2.24, 2.45) is 0 Å². The fraction of sp³-hybridized carbons (Fsp3) is 0.333. The number of nitrogens with two attached hydrogens (primary N) is 1. The van der Waals surface area contributed by atoms with Gasteiger partial charge in [0, 0.05) is 12.1 Å². The maximum atomic E-state index is 12.6. The minimum atomic E-state index is -0.868. The molecule has 0 bridgehead atoms. The molecule has 0 aliphatic heterocycles. The molecule has 2 aromatic rings. The molecule has 0 spiro atoms. The van der Waals surface area contributed by atoms with Crippen molar-refractivity contribution in [2.75, 3.05) is 5.73 Å². The van der Waals surface area contributed by atoms with Crippen LogP contribution in [0.25, 0.3) is 0 Å². The summed E-state index contributed by atoms with van der Waals surface area (Å²) in [5.74, 6) is -0.526. The molecule has 0 saturated carbocycles. The summed E-state index contributed by atoms with van der Waals surface area (Å²) in [5, 5.41) is 2.61. The number of anilines is 1. The summed E-state index contributed by atoms with van der Waals surface area (Å²) in [6.07, 6.45) is -0.396. The molecular weight excluding hydrogens is 344 g/mol. The van der Waals surface area contributed by atoms with Crippen molar-refractivity contribution in [1.29, 1.82) is 0 Å². The Kier molecular flexibility index (Phi) is 6.82. The molecule has 0 fully saturated rings. The maximum absolute atomic E-state index is 12.6. The molecule has 0 heterocycles. The second-order valence-corrected chi connectivity index (χ2v) is 7.24. The van der Waals surface area contributed by atoms with Gasteiger partial charge in [-0.15, -0.1) is 0 Å². The van der Waals surface area contributed by atoms with Crippen molar-refractivity contribution in [1.82, 2.24) is 5.32 Å². The molecule has 0 radical (unpaired) electrons. The van der Waals surface area contributed by atoms with Gasteiger partial charge in [0.05, 0.1) is 0 Å². The number of hydrogen-bond acceptors (Lipinski definition) is 5. The largest absolute Gasteiger partial charge is 0.459 e. The van der Waals surface area contributed by atoms with Gasteiger partial charge in [-0.2, -0.15) is 0 Å². The first-order valence-electron chi connectivity index (χ1n) is 8.77. The zero-order chi connectivity index (χ0) is 19.9. The topological polar surface area (TPSA) is 90.6 Å². The van der Waals surface area contributed by atoms with Crippen LogP contribution in [0.2, 0.25) is 0 Å². The van der Waals surface area contributed by atoms with E-state index in [1.807, 2.05) is 42.5 Å². The highest BCUT2D eigenvalue weighted by Crippen LogP contribution is 2.12. The number of carbonyl (C=O) groups is 2. The Morgan fingerprint density at radius 2 is 1.63 bits per heavy atom. The van der Waals surface area contributed by atoms with Crippen LogP contribution in [0.5, 0.6) is 0 Å². The van der Waals surface area contributed by atoms with Crippen molar-refractivity contribution >= 4 is 17.7 Å². The van der Waals surface area contributed by atoms with Gasteiger partial charge in [-0.05, 0) is 44.0 Å². The van der Waals surface area contributed by atoms with Gasteiger partial charge in [-0.3, -0.25) is 0 Å². The zero-order valence-electron chi connectivity index (χ0n) is 15.9. The van der Waals surface area contributed by atoms with E-state index in [0.717, 1.165) is 11.1 Å². The fourth-order valence-electron chi connectivity index (χ4n) is 2.36. The molecule has 6 heteroatoms. The Labute approximate surface area is 159 Å². The van der Waals surface area contributed by atoms with Crippen molar-refractivity contribution in [2.45, 2.75) is 45.4 Å². The first-order valence-corrected chi connectivity index (χ1v) is 8.77. The van der Waals surface area contributed by atoms with Gasteiger partial charge >= 0.3 is 12.1 Å². The Balaban J connectivity index is 2.06. The predicted octanol–water partition coefficient (Wildman–Crippen LogP) is 3.45. The van der Waals surface area contributed by atoms with Gasteiger partial charge < -0.3 is 20.5 Å². The lowest BCUT2D eigenvalue weighted by Crippen LogP contribution is -2.45. The van der Waals surface area contributed by atoms with Crippen LogP contribution in [0.15, 0.2) is 54.6 Å². The Morgan fingerprint density at radius 3 is 2.22 bits per heavy atom. The predicted molar refractivity (Wildman–Crippen MR) is 104 cm³/mol. The van der Waals surface area contributed by atoms with Crippen LogP contribution < -0.4 is 11.1 Å². The first-order chi connectivity index (χ1) is 12.7. The van der Waals surface area contributed by atoms with E-state index in [1.54, 1.807) is 32.9 Å². The minimum Gasteiger partial charge on any atom is -0.459 e. The Bertz CT molecular complexity index is 752. The van der Waals surface area contributed by atoms with Crippen LogP contribution in [-0.4, -0.2) is 23.7 Å². The van der Waals surface area contributed by atoms with Gasteiger partial charge in [-0.25, -0.2) is 9.59 Å². The number of amides is 1. The third kappa shape index (κ3) is 7.40. The van der Waals surface area contributed by atoms with Gasteiger partial charge in [0.2, 0.25) is 0 Å². The third-order valence-electron chi connectivity index (χ3n) is 3.62. The minimum absolute atomic E-state index is 0.133. The number of hydrogen-bond donors (Lipinski definition) is 2. The summed E-state index contributed by atoms with van der Waals surface area (Å²) in [5.41, 5.74) is 7.38. The molecular formula is C21H26N2O4. The van der Waals surface area contributed by atoms with E-state index < -0.39 is 23.7 Å². The summed E-state index contributed by atoms with van der Waals surface area (Å²) in [6, 6.07) is 15.6. The summed E-state index contributed by atoms with van der Waals surface area (Å²) in [6.45, 7) is 5.41. The normalized spacial score (nSPS) is 12.1. The monoisotopic (exact) mass is 370 g/mol. The lowest BCUT2D eigenvalue weighted by Gasteiger charge is -2.23. The molecule has 3 N–H and O–H groups in total. The highest BCUT2D eigenvalue weighted by atomic mass is 16.6. The van der Waals surface area contributed by atoms with Gasteiger partial charge in [-0.1, -0.05) is 42.5 Å². The van der Waals surface area contributed by atoms with E-state index in [-0.39, 0.29) is 13.0 Å². The number of rotatable bonds is 6. The van der Waals surface area contributed by atoms with E-state index in [0.29, 0.717) is 5.69 Å². The summed E-state index contributed by atoms with van der Waals surface area (Å²) in [4.78, 5) is 24.7. The standard InChI is InChI=1S/C21H26N2O4/c1-21(2,3)27-20(25)23-18(13-15-9-11-17(22)12-10-15)19(24)26-14-16-7-5-4-6-8-16/h4-12,18H,13-14,22H2,1-3H3,(H,23,25). The zero-order valence-corrected chi connectivity index (χ0v) is 15.9. The van der Waals surface area contributed by atoms with E-state index in [4.69, 9.17) is 15.2 Å². The maximum Gasteiger partial charge on any atom is 0.408 e. The SMILES string of the molecule is CC(C)(C)OC(=O)NC(Cc1ccc(N)cc1)C(=O)OCc1ccccc1. The highest BCUT2D eigenvalue weighted by molar-refractivity contribution is 5.81. The number of nitrogens with one attached hydrogen (secondary N) is 1. The molecule has 0 aromatic heterocycles. The number of ether oxygens (including phenoxy) is 2. The molecule has 6 nitrogen and oxygen atoms in total. The molecule has 144 valence electrons. The van der Waals surface area contributed by atoms with Crippen LogP contribution >= 0.6 is 0 Å². The molecule has 2 rings (SSSR count). The van der Waals surface area contributed by atoms with Crippen molar-refractivity contribution < 1.29 is 19.1 Å². The van der Waals surface area contributed by atoms with Crippen LogP contribution in [0.3, 0.4) is 0 Å². The summed E-state index contributed by atoms with van der Waals surface area (Å²) >= 11 is 0. The fourth-order valence-corrected chi connectivity index (χ4v) is 2.36. The number of benzene rings is 2. The van der Waals surface area contributed by atoms with Crippen molar-refractivity contribution in [3.8, 4) is 0 Å². The van der Waals surface area contributed by atoms with Crippen molar-refractivity contribution in [3.05, 3.63) is 65.7 Å². The quantitative estimate of drug-likeness (QED) is 0.600. The molecule has 0 aliphatic rings. The van der Waals surface area contributed by atoms with Gasteiger partial charge in [0.15, 0.2) is 0 Å². The number of alkyl carbamates (subject to hydrolysis) is 1. The molecule has 1 atom stereocenters. The molecule has 1 unspecified atom stereocenters. The smallest absolute Gasteiger partial charge is 0.408 e. The van der Waals surface area contributed by atoms with E-state index >= 15 is 0 Å². The molecule has 1 amide bonds. The summed E-state index contributed by atoms with van der Waals surface area (Å²) in [7, 11) is 0. The molecule has 0 aliphatic carbocycles. The average Bonchev–Trinajstić information content (AvgIpc) is 2.60. The molecule has 2 aromatic carbocycles. The van der Waals surface area contributed by atoms with Crippen LogP contribution in [-0.2, 0) is 27.3 Å². The highest BCUT2D eigenvalue weighted by Gasteiger charge is 2.26. The lowest BCUT2D eigenvalue weighted by atomic mass is 10.1. The van der Waals surface area contributed by atoms with Crippen LogP contribution in [0.1, 0.15) is 31.9 Å². The summed E-state index contributed by atoms with van der Waals surface area (Å²) < 4.78 is 10.6. The number of esters is 1. The second kappa shape index (κ2) is 9.07. The Morgan fingerprint density at radius 1 is 1.00 bits per heavy atom. The third-order valence-corrected chi connectivity index (χ3v) is 3.62. The van der Waals surface area contributed by atoms with E-state index in [9.17, 15) is 9.59 Å². The molecule has 27 heavy (non-hydrogen) atoms. The average molecular weight is 370 g/mol. The van der Waals surface area contributed by atoms with Crippen molar-refractivity contribution in [3.63, 3.8) is 0 Å². The lowest BCUT2D eigenvalue weighted by molar-refractivity contribution is -0.147. The molecule has 0 saturated heterocycles. The number of nitrogen functional groups attached to an aromatic ring is 1. The second-order valence-electron chi connectivity index (χ2n) is 7.24. The first kappa shape index (κ1) is 20.3. The van der Waals surface area contributed by atoms with Gasteiger partial charge in [0.1, 0.15) is 18.2 Å². The van der Waals surface area contributed by atoms with Crippen LogP contribution in [0, 0.1) is 0 Å². The van der Waals surface area contributed by atoms with E-state index in [2.05, 4.69) is 5.32 Å².